The monoisotopic (exact) mass is 242 g/mol. The van der Waals surface area contributed by atoms with Gasteiger partial charge < -0.3 is 0 Å². The van der Waals surface area contributed by atoms with E-state index < -0.39 is 0 Å². The summed E-state index contributed by atoms with van der Waals surface area (Å²) < 4.78 is 0. The second-order valence-corrected chi connectivity index (χ2v) is 4.88. The van der Waals surface area contributed by atoms with E-state index in [1.165, 1.54) is 12.8 Å². The van der Waals surface area contributed by atoms with E-state index in [-0.39, 0.29) is 5.78 Å². The van der Waals surface area contributed by atoms with Crippen molar-refractivity contribution < 1.29 is 4.79 Å². The van der Waals surface area contributed by atoms with E-state index in [1.54, 1.807) is 24.3 Å². The molecule has 0 N–H and O–H groups in total. The maximum Gasteiger partial charge on any atom is 0.176 e. The molecule has 0 unspecified atom stereocenters. The van der Waals surface area contributed by atoms with Crippen LogP contribution in [0.3, 0.4) is 0 Å². The minimum atomic E-state index is 0.141. The van der Waals surface area contributed by atoms with Crippen LogP contribution in [0.25, 0.3) is 0 Å². The summed E-state index contributed by atoms with van der Waals surface area (Å²) >= 11 is 0. The van der Waals surface area contributed by atoms with E-state index in [1.807, 2.05) is 0 Å². The number of likely N-dealkylation sites (N-methyl/N-ethyl adjacent to an activating group) is 1. The van der Waals surface area contributed by atoms with Gasteiger partial charge >= 0.3 is 0 Å². The quantitative estimate of drug-likeness (QED) is 0.720. The van der Waals surface area contributed by atoms with Crippen molar-refractivity contribution >= 4 is 5.78 Å². The lowest BCUT2D eigenvalue weighted by molar-refractivity contribution is 0.0931. The van der Waals surface area contributed by atoms with Gasteiger partial charge in [0, 0.05) is 12.1 Å². The van der Waals surface area contributed by atoms with E-state index in [0.29, 0.717) is 17.7 Å². The first-order valence-corrected chi connectivity index (χ1v) is 6.48. The molecule has 0 bridgehead atoms. The minimum Gasteiger partial charge on any atom is -0.296 e. The van der Waals surface area contributed by atoms with Crippen molar-refractivity contribution in [3.05, 3.63) is 35.4 Å². The smallest absolute Gasteiger partial charge is 0.176 e. The second-order valence-electron chi connectivity index (χ2n) is 4.88. The van der Waals surface area contributed by atoms with Crippen molar-refractivity contribution in [3.63, 3.8) is 0 Å². The van der Waals surface area contributed by atoms with Crippen LogP contribution in [0.2, 0.25) is 0 Å². The first-order valence-electron chi connectivity index (χ1n) is 6.48. The molecular weight excluding hydrogens is 224 g/mol. The molecule has 0 aliphatic heterocycles. The molecule has 1 fully saturated rings. The van der Waals surface area contributed by atoms with E-state index >= 15 is 0 Å². The van der Waals surface area contributed by atoms with Crippen LogP contribution in [-0.2, 0) is 0 Å². The molecule has 0 radical (unpaired) electrons. The van der Waals surface area contributed by atoms with Crippen molar-refractivity contribution in [2.75, 3.05) is 19.6 Å². The third kappa shape index (κ3) is 3.41. The van der Waals surface area contributed by atoms with Crippen LogP contribution < -0.4 is 0 Å². The maximum absolute atomic E-state index is 12.1. The van der Waals surface area contributed by atoms with E-state index in [0.717, 1.165) is 19.0 Å². The van der Waals surface area contributed by atoms with E-state index in [9.17, 15) is 4.79 Å². The van der Waals surface area contributed by atoms with Crippen LogP contribution in [-0.4, -0.2) is 30.3 Å². The largest absolute Gasteiger partial charge is 0.296 e. The fourth-order valence-electron chi connectivity index (χ4n) is 2.00. The molecule has 1 aliphatic rings. The average molecular weight is 242 g/mol. The van der Waals surface area contributed by atoms with Gasteiger partial charge in [-0.3, -0.25) is 9.69 Å². The Balaban J connectivity index is 1.94. The molecule has 18 heavy (non-hydrogen) atoms. The van der Waals surface area contributed by atoms with Crippen LogP contribution in [0.5, 0.6) is 0 Å². The highest BCUT2D eigenvalue weighted by atomic mass is 16.1. The number of nitrogens with zero attached hydrogens (tertiary/aromatic N) is 2. The third-order valence-corrected chi connectivity index (χ3v) is 3.36. The van der Waals surface area contributed by atoms with Crippen molar-refractivity contribution in [1.82, 2.24) is 4.90 Å². The van der Waals surface area contributed by atoms with E-state index in [2.05, 4.69) is 17.9 Å². The summed E-state index contributed by atoms with van der Waals surface area (Å²) in [4.78, 5) is 14.3. The maximum atomic E-state index is 12.1. The number of hydrogen-bond donors (Lipinski definition) is 0. The first-order chi connectivity index (χ1) is 8.72. The topological polar surface area (TPSA) is 44.1 Å². The summed E-state index contributed by atoms with van der Waals surface area (Å²) in [5.74, 6) is 0.945. The Labute approximate surface area is 108 Å². The normalized spacial score (nSPS) is 14.5. The van der Waals surface area contributed by atoms with Gasteiger partial charge in [-0.15, -0.1) is 0 Å². The highest BCUT2D eigenvalue weighted by molar-refractivity contribution is 5.97. The molecule has 3 heteroatoms. The molecule has 0 amide bonds. The van der Waals surface area contributed by atoms with Crippen LogP contribution in [0.1, 0.15) is 35.7 Å². The number of Topliss-reactive ketones (excluding diaryl/α,β-unsaturated/α-hetero) is 1. The van der Waals surface area contributed by atoms with Gasteiger partial charge in [-0.05, 0) is 37.4 Å². The fourth-order valence-corrected chi connectivity index (χ4v) is 2.00. The molecule has 3 nitrogen and oxygen atoms in total. The lowest BCUT2D eigenvalue weighted by atomic mass is 10.1. The Kier molecular flexibility index (Phi) is 4.11. The molecule has 94 valence electrons. The lowest BCUT2D eigenvalue weighted by Crippen LogP contribution is -2.31. The van der Waals surface area contributed by atoms with Crippen molar-refractivity contribution in [3.8, 4) is 6.07 Å². The zero-order valence-electron chi connectivity index (χ0n) is 10.7. The predicted molar refractivity (Wildman–Crippen MR) is 70.3 cm³/mol. The van der Waals surface area contributed by atoms with Gasteiger partial charge in [0.1, 0.15) is 0 Å². The van der Waals surface area contributed by atoms with Crippen molar-refractivity contribution in [2.24, 2.45) is 5.92 Å². The molecule has 1 saturated carbocycles. The standard InChI is InChI=1S/C15H18N2O/c1-2-17(10-13-3-4-13)11-15(18)14-7-5-12(9-16)6-8-14/h5-8,13H,2-4,10-11H2,1H3. The molecular formula is C15H18N2O. The van der Waals surface area contributed by atoms with Gasteiger partial charge in [0.05, 0.1) is 18.2 Å². The highest BCUT2D eigenvalue weighted by Crippen LogP contribution is 2.29. The summed E-state index contributed by atoms with van der Waals surface area (Å²) in [6.45, 7) is 4.53. The first kappa shape index (κ1) is 12.8. The molecule has 1 aliphatic carbocycles. The van der Waals surface area contributed by atoms with E-state index in [4.69, 9.17) is 5.26 Å². The number of ketones is 1. The van der Waals surface area contributed by atoms with Crippen LogP contribution in [0.4, 0.5) is 0 Å². The van der Waals surface area contributed by atoms with Gasteiger partial charge in [-0.2, -0.15) is 5.26 Å². The summed E-state index contributed by atoms with van der Waals surface area (Å²) in [6.07, 6.45) is 2.61. The van der Waals surface area contributed by atoms with Gasteiger partial charge in [-0.1, -0.05) is 19.1 Å². The summed E-state index contributed by atoms with van der Waals surface area (Å²) in [5.41, 5.74) is 1.29. The number of benzene rings is 1. The molecule has 0 spiro atoms. The Bertz CT molecular complexity index is 454. The van der Waals surface area contributed by atoms with Gasteiger partial charge in [0.2, 0.25) is 0 Å². The Morgan fingerprint density at radius 2 is 2.06 bits per heavy atom. The number of rotatable bonds is 6. The molecule has 0 heterocycles. The number of carbonyl (C=O) groups excluding carboxylic acids is 1. The molecule has 1 aromatic rings. The summed E-state index contributed by atoms with van der Waals surface area (Å²) in [7, 11) is 0. The third-order valence-electron chi connectivity index (χ3n) is 3.36. The molecule has 0 atom stereocenters. The summed E-state index contributed by atoms with van der Waals surface area (Å²) in [5, 5.41) is 8.71. The average Bonchev–Trinajstić information content (AvgIpc) is 3.22. The number of carbonyl (C=O) groups is 1. The van der Waals surface area contributed by atoms with Gasteiger partial charge in [0.15, 0.2) is 5.78 Å². The van der Waals surface area contributed by atoms with Gasteiger partial charge in [-0.25, -0.2) is 0 Å². The van der Waals surface area contributed by atoms with Crippen LogP contribution in [0.15, 0.2) is 24.3 Å². The van der Waals surface area contributed by atoms with Gasteiger partial charge in [0.25, 0.3) is 0 Å². The number of hydrogen-bond acceptors (Lipinski definition) is 3. The predicted octanol–water partition coefficient (Wildman–Crippen LogP) is 2.47. The zero-order chi connectivity index (χ0) is 13.0. The Morgan fingerprint density at radius 1 is 1.39 bits per heavy atom. The zero-order valence-corrected chi connectivity index (χ0v) is 10.7. The fraction of sp³-hybridized carbons (Fsp3) is 0.467. The van der Waals surface area contributed by atoms with Crippen molar-refractivity contribution in [2.45, 2.75) is 19.8 Å². The second kappa shape index (κ2) is 5.79. The summed E-state index contributed by atoms with van der Waals surface area (Å²) in [6, 6.07) is 8.94. The lowest BCUT2D eigenvalue weighted by Gasteiger charge is -2.19. The Morgan fingerprint density at radius 3 is 2.56 bits per heavy atom. The minimum absolute atomic E-state index is 0.141. The van der Waals surface area contributed by atoms with Crippen molar-refractivity contribution in [1.29, 1.82) is 5.26 Å². The molecule has 2 rings (SSSR count). The number of nitriles is 1. The molecule has 0 saturated heterocycles. The SMILES string of the molecule is CCN(CC(=O)c1ccc(C#N)cc1)CC1CC1. The van der Waals surface area contributed by atoms with Crippen LogP contribution >= 0.6 is 0 Å². The molecule has 0 aromatic heterocycles. The highest BCUT2D eigenvalue weighted by Gasteiger charge is 2.24. The Hall–Kier alpha value is -1.66. The molecule has 1 aromatic carbocycles. The van der Waals surface area contributed by atoms with Crippen LogP contribution in [0, 0.1) is 17.2 Å².